The fourth-order valence-electron chi connectivity index (χ4n) is 2.93. The average Bonchev–Trinajstić information content (AvgIpc) is 2.83. The second kappa shape index (κ2) is 4.60. The van der Waals surface area contributed by atoms with Gasteiger partial charge in [-0.15, -0.1) is 0 Å². The number of halogens is 1. The van der Waals surface area contributed by atoms with Gasteiger partial charge in [-0.05, 0) is 58.6 Å². The number of hydrogen-bond donors (Lipinski definition) is 0. The highest BCUT2D eigenvalue weighted by atomic mass is 79.9. The van der Waals surface area contributed by atoms with Gasteiger partial charge in [-0.3, -0.25) is 4.57 Å². The molecule has 3 aromatic rings. The minimum Gasteiger partial charge on any atom is -0.294 e. The molecule has 4 rings (SSSR count). The maximum Gasteiger partial charge on any atom is 0.137 e. The summed E-state index contributed by atoms with van der Waals surface area (Å²) in [6.07, 6.45) is 8.55. The summed E-state index contributed by atoms with van der Waals surface area (Å²) >= 11 is 3.45. The Hall–Kier alpha value is -1.87. The Morgan fingerprint density at radius 2 is 2.00 bits per heavy atom. The SMILES string of the molecule is Brc1ccc(-n2c3c(c4ccccc42)CCC=C3)nc1. The van der Waals surface area contributed by atoms with Gasteiger partial charge in [-0.1, -0.05) is 24.3 Å². The van der Waals surface area contributed by atoms with Crippen molar-refractivity contribution < 1.29 is 0 Å². The predicted octanol–water partition coefficient (Wildman–Crippen LogP) is 4.75. The van der Waals surface area contributed by atoms with E-state index in [1.54, 1.807) is 0 Å². The smallest absolute Gasteiger partial charge is 0.137 e. The minimum absolute atomic E-state index is 0.970. The molecule has 20 heavy (non-hydrogen) atoms. The van der Waals surface area contributed by atoms with Crippen molar-refractivity contribution in [2.75, 3.05) is 0 Å². The average molecular weight is 325 g/mol. The van der Waals surface area contributed by atoms with Gasteiger partial charge in [-0.2, -0.15) is 0 Å². The van der Waals surface area contributed by atoms with Crippen LogP contribution in [0.2, 0.25) is 0 Å². The van der Waals surface area contributed by atoms with E-state index in [0.717, 1.165) is 23.1 Å². The first-order chi connectivity index (χ1) is 9.84. The highest BCUT2D eigenvalue weighted by Gasteiger charge is 2.18. The fourth-order valence-corrected chi connectivity index (χ4v) is 3.17. The lowest BCUT2D eigenvalue weighted by Gasteiger charge is -2.11. The summed E-state index contributed by atoms with van der Waals surface area (Å²) in [7, 11) is 0. The molecule has 3 heteroatoms. The van der Waals surface area contributed by atoms with E-state index in [2.05, 4.69) is 68.0 Å². The van der Waals surface area contributed by atoms with Gasteiger partial charge in [0.2, 0.25) is 0 Å². The van der Waals surface area contributed by atoms with Crippen LogP contribution in [0, 0.1) is 0 Å². The zero-order chi connectivity index (χ0) is 13.5. The normalized spacial score (nSPS) is 13.7. The van der Waals surface area contributed by atoms with Crippen LogP contribution in [0.15, 0.2) is 53.1 Å². The summed E-state index contributed by atoms with van der Waals surface area (Å²) in [6.45, 7) is 0. The molecule has 0 amide bonds. The van der Waals surface area contributed by atoms with E-state index in [9.17, 15) is 0 Å². The van der Waals surface area contributed by atoms with E-state index < -0.39 is 0 Å². The van der Waals surface area contributed by atoms with Crippen molar-refractivity contribution in [3.63, 3.8) is 0 Å². The lowest BCUT2D eigenvalue weighted by Crippen LogP contribution is -2.01. The summed E-state index contributed by atoms with van der Waals surface area (Å²) in [5.74, 6) is 0.970. The first-order valence-corrected chi connectivity index (χ1v) is 7.55. The third-order valence-electron chi connectivity index (χ3n) is 3.80. The molecular formula is C17H13BrN2. The van der Waals surface area contributed by atoms with E-state index in [-0.39, 0.29) is 0 Å². The van der Waals surface area contributed by atoms with Gasteiger partial charge in [-0.25, -0.2) is 4.98 Å². The minimum atomic E-state index is 0.970. The van der Waals surface area contributed by atoms with Crippen molar-refractivity contribution >= 4 is 32.9 Å². The third kappa shape index (κ3) is 1.74. The van der Waals surface area contributed by atoms with Crippen LogP contribution in [-0.4, -0.2) is 9.55 Å². The van der Waals surface area contributed by atoms with Crippen molar-refractivity contribution in [3.8, 4) is 5.82 Å². The van der Waals surface area contributed by atoms with Crippen LogP contribution in [0.5, 0.6) is 0 Å². The number of aryl methyl sites for hydroxylation is 1. The molecule has 2 aromatic heterocycles. The van der Waals surface area contributed by atoms with Gasteiger partial charge >= 0.3 is 0 Å². The predicted molar refractivity (Wildman–Crippen MR) is 86.1 cm³/mol. The second-order valence-electron chi connectivity index (χ2n) is 4.99. The molecule has 0 saturated heterocycles. The highest BCUT2D eigenvalue weighted by molar-refractivity contribution is 9.10. The number of allylic oxidation sites excluding steroid dienone is 1. The number of aromatic nitrogens is 2. The summed E-state index contributed by atoms with van der Waals surface area (Å²) in [4.78, 5) is 4.56. The van der Waals surface area contributed by atoms with Crippen molar-refractivity contribution in [2.45, 2.75) is 12.8 Å². The molecular weight excluding hydrogens is 312 g/mol. The molecule has 2 nitrogen and oxygen atoms in total. The first kappa shape index (κ1) is 11.9. The van der Waals surface area contributed by atoms with Gasteiger partial charge < -0.3 is 0 Å². The summed E-state index contributed by atoms with van der Waals surface area (Å²) in [6, 6.07) is 12.7. The zero-order valence-corrected chi connectivity index (χ0v) is 12.5. The Bertz CT molecular complexity index is 813. The molecule has 0 N–H and O–H groups in total. The van der Waals surface area contributed by atoms with Crippen LogP contribution in [0.4, 0.5) is 0 Å². The Labute approximate surface area is 125 Å². The van der Waals surface area contributed by atoms with Gasteiger partial charge in [0.1, 0.15) is 5.82 Å². The Morgan fingerprint density at radius 3 is 2.85 bits per heavy atom. The molecule has 0 atom stereocenters. The van der Waals surface area contributed by atoms with E-state index in [4.69, 9.17) is 0 Å². The molecule has 0 bridgehead atoms. The molecule has 0 unspecified atom stereocenters. The van der Waals surface area contributed by atoms with E-state index >= 15 is 0 Å². The molecule has 1 aliphatic carbocycles. The van der Waals surface area contributed by atoms with Crippen LogP contribution in [0.1, 0.15) is 17.7 Å². The van der Waals surface area contributed by atoms with E-state index in [1.165, 1.54) is 22.2 Å². The maximum atomic E-state index is 4.56. The molecule has 0 aliphatic heterocycles. The number of pyridine rings is 1. The Balaban J connectivity index is 2.08. The number of para-hydroxylation sites is 1. The van der Waals surface area contributed by atoms with Crippen molar-refractivity contribution in [1.29, 1.82) is 0 Å². The number of rotatable bonds is 1. The van der Waals surface area contributed by atoms with Crippen LogP contribution in [-0.2, 0) is 6.42 Å². The van der Waals surface area contributed by atoms with Crippen LogP contribution >= 0.6 is 15.9 Å². The number of hydrogen-bond acceptors (Lipinski definition) is 1. The molecule has 0 spiro atoms. The standard InChI is InChI=1S/C17H13BrN2/c18-12-9-10-17(19-11-12)20-15-7-3-1-5-13(15)14-6-2-4-8-16(14)20/h1,3-5,7-11H,2,6H2. The molecule has 0 fully saturated rings. The zero-order valence-electron chi connectivity index (χ0n) is 10.9. The number of benzene rings is 1. The quantitative estimate of drug-likeness (QED) is 0.631. The molecule has 2 heterocycles. The summed E-state index contributed by atoms with van der Waals surface area (Å²) in [5, 5.41) is 1.34. The first-order valence-electron chi connectivity index (χ1n) is 6.75. The Kier molecular flexibility index (Phi) is 2.74. The fraction of sp³-hybridized carbons (Fsp3) is 0.118. The van der Waals surface area contributed by atoms with Gasteiger partial charge in [0.25, 0.3) is 0 Å². The Morgan fingerprint density at radius 1 is 1.10 bits per heavy atom. The van der Waals surface area contributed by atoms with E-state index in [0.29, 0.717) is 0 Å². The van der Waals surface area contributed by atoms with E-state index in [1.807, 2.05) is 12.3 Å². The molecule has 1 aromatic carbocycles. The van der Waals surface area contributed by atoms with Crippen molar-refractivity contribution in [1.82, 2.24) is 9.55 Å². The van der Waals surface area contributed by atoms with Gasteiger partial charge in [0, 0.05) is 16.1 Å². The second-order valence-corrected chi connectivity index (χ2v) is 5.91. The number of fused-ring (bicyclic) bond motifs is 3. The number of nitrogens with zero attached hydrogens (tertiary/aromatic N) is 2. The highest BCUT2D eigenvalue weighted by Crippen LogP contribution is 2.33. The molecule has 0 radical (unpaired) electrons. The molecule has 1 aliphatic rings. The topological polar surface area (TPSA) is 17.8 Å². The lowest BCUT2D eigenvalue weighted by molar-refractivity contribution is 0.951. The molecule has 0 saturated carbocycles. The largest absolute Gasteiger partial charge is 0.294 e. The van der Waals surface area contributed by atoms with Crippen LogP contribution in [0.3, 0.4) is 0 Å². The van der Waals surface area contributed by atoms with Crippen LogP contribution in [0.25, 0.3) is 22.8 Å². The van der Waals surface area contributed by atoms with Gasteiger partial charge in [0.05, 0.1) is 11.2 Å². The van der Waals surface area contributed by atoms with Gasteiger partial charge in [0.15, 0.2) is 0 Å². The van der Waals surface area contributed by atoms with Crippen molar-refractivity contribution in [3.05, 3.63) is 64.4 Å². The van der Waals surface area contributed by atoms with Crippen LogP contribution < -0.4 is 0 Å². The maximum absolute atomic E-state index is 4.56. The lowest BCUT2D eigenvalue weighted by atomic mass is 10.0. The third-order valence-corrected chi connectivity index (χ3v) is 4.27. The monoisotopic (exact) mass is 324 g/mol. The molecule has 98 valence electrons. The summed E-state index contributed by atoms with van der Waals surface area (Å²) in [5.41, 5.74) is 3.94. The summed E-state index contributed by atoms with van der Waals surface area (Å²) < 4.78 is 3.26. The van der Waals surface area contributed by atoms with Crippen molar-refractivity contribution in [2.24, 2.45) is 0 Å².